The Labute approximate surface area is 109 Å². The van der Waals surface area contributed by atoms with Crippen LogP contribution in [0.1, 0.15) is 5.76 Å². The lowest BCUT2D eigenvalue weighted by atomic mass is 10.4. The van der Waals surface area contributed by atoms with Crippen molar-refractivity contribution in [3.8, 4) is 11.8 Å². The van der Waals surface area contributed by atoms with Crippen LogP contribution in [0.25, 0.3) is 0 Å². The molecular weight excluding hydrogens is 254 g/mol. The molecule has 0 unspecified atom stereocenters. The first-order valence-electron chi connectivity index (χ1n) is 5.04. The lowest BCUT2D eigenvalue weighted by Crippen LogP contribution is -2.12. The summed E-state index contributed by atoms with van der Waals surface area (Å²) in [7, 11) is 3.01. The van der Waals surface area contributed by atoms with Crippen molar-refractivity contribution in [1.82, 2.24) is 9.97 Å². The summed E-state index contributed by atoms with van der Waals surface area (Å²) in [5.41, 5.74) is 0.462. The molecule has 6 nitrogen and oxygen atoms in total. The first-order valence-corrected chi connectivity index (χ1v) is 5.45. The summed E-state index contributed by atoms with van der Waals surface area (Å²) in [4.78, 5) is 8.34. The average Bonchev–Trinajstić information content (AvgIpc) is 2.93. The molecule has 18 heavy (non-hydrogen) atoms. The predicted octanol–water partition coefficient (Wildman–Crippen LogP) is 1.87. The van der Waals surface area contributed by atoms with Gasteiger partial charge in [0.15, 0.2) is 11.4 Å². The summed E-state index contributed by atoms with van der Waals surface area (Å²) in [6.45, 7) is 0. The minimum Gasteiger partial charge on any atom is -0.479 e. The Balaban J connectivity index is 2.30. The van der Waals surface area contributed by atoms with E-state index >= 15 is 0 Å². The third kappa shape index (κ3) is 2.40. The van der Waals surface area contributed by atoms with E-state index in [2.05, 4.69) is 15.3 Å². The molecule has 0 aliphatic rings. The normalized spacial score (nSPS) is 9.89. The van der Waals surface area contributed by atoms with Crippen molar-refractivity contribution >= 4 is 22.9 Å². The molecule has 0 aliphatic heterocycles. The molecule has 0 saturated carbocycles. The van der Waals surface area contributed by atoms with Crippen LogP contribution in [0.5, 0.6) is 11.8 Å². The van der Waals surface area contributed by atoms with Crippen LogP contribution in [0.4, 0.5) is 5.69 Å². The number of nitrogens with zero attached hydrogens (tertiary/aromatic N) is 2. The van der Waals surface area contributed by atoms with E-state index in [1.807, 2.05) is 0 Å². The van der Waals surface area contributed by atoms with Crippen molar-refractivity contribution in [3.05, 3.63) is 30.5 Å². The number of aromatic nitrogens is 2. The van der Waals surface area contributed by atoms with Gasteiger partial charge >= 0.3 is 0 Å². The van der Waals surface area contributed by atoms with Gasteiger partial charge in [0, 0.05) is 0 Å². The Morgan fingerprint density at radius 3 is 2.44 bits per heavy atom. The minimum atomic E-state index is 0.343. The summed E-state index contributed by atoms with van der Waals surface area (Å²) in [5.74, 6) is 1.23. The number of thiocarbonyl (C=S) groups is 1. The van der Waals surface area contributed by atoms with E-state index in [9.17, 15) is 0 Å². The van der Waals surface area contributed by atoms with Gasteiger partial charge in [-0.15, -0.1) is 0 Å². The summed E-state index contributed by atoms with van der Waals surface area (Å²) >= 11 is 5.20. The molecule has 7 heteroatoms. The van der Waals surface area contributed by atoms with Crippen molar-refractivity contribution in [2.75, 3.05) is 19.5 Å². The molecule has 0 spiro atoms. The number of rotatable bonds is 4. The summed E-state index contributed by atoms with van der Waals surface area (Å²) in [5, 5.41) is 2.95. The van der Waals surface area contributed by atoms with Crippen LogP contribution in [0.2, 0.25) is 0 Å². The summed E-state index contributed by atoms with van der Waals surface area (Å²) in [6, 6.07) is 3.50. The molecule has 0 fully saturated rings. The van der Waals surface area contributed by atoms with E-state index in [0.717, 1.165) is 0 Å². The van der Waals surface area contributed by atoms with Crippen LogP contribution in [0.3, 0.4) is 0 Å². The first kappa shape index (κ1) is 12.3. The third-order valence-electron chi connectivity index (χ3n) is 2.15. The van der Waals surface area contributed by atoms with Crippen LogP contribution >= 0.6 is 12.2 Å². The lowest BCUT2D eigenvalue weighted by molar-refractivity contribution is 0.376. The molecule has 0 aliphatic carbocycles. The van der Waals surface area contributed by atoms with Gasteiger partial charge in [0.2, 0.25) is 11.8 Å². The molecule has 0 amide bonds. The molecule has 2 aromatic rings. The van der Waals surface area contributed by atoms with Gasteiger partial charge in [-0.3, -0.25) is 0 Å². The SMILES string of the molecule is COc1ncnc(OC)c1NC(=S)c1ccco1. The van der Waals surface area contributed by atoms with Crippen LogP contribution in [-0.4, -0.2) is 29.2 Å². The van der Waals surface area contributed by atoms with Crippen LogP contribution in [-0.2, 0) is 0 Å². The monoisotopic (exact) mass is 265 g/mol. The van der Waals surface area contributed by atoms with E-state index in [0.29, 0.717) is 28.2 Å². The van der Waals surface area contributed by atoms with Gasteiger partial charge in [-0.1, -0.05) is 12.2 Å². The second kappa shape index (κ2) is 5.46. The van der Waals surface area contributed by atoms with Crippen molar-refractivity contribution in [1.29, 1.82) is 0 Å². The van der Waals surface area contributed by atoms with Gasteiger partial charge < -0.3 is 19.2 Å². The van der Waals surface area contributed by atoms with E-state index in [-0.39, 0.29) is 0 Å². The maximum absolute atomic E-state index is 5.20. The lowest BCUT2D eigenvalue weighted by Gasteiger charge is -2.12. The number of furan rings is 1. The minimum absolute atomic E-state index is 0.343. The van der Waals surface area contributed by atoms with Crippen LogP contribution < -0.4 is 14.8 Å². The standard InChI is InChI=1S/C11H11N3O3S/c1-15-9-8(10(16-2)13-6-12-9)14-11(18)7-4-3-5-17-7/h3-6H,1-2H3,(H,14,18). The maximum Gasteiger partial charge on any atom is 0.244 e. The fraction of sp³-hybridized carbons (Fsp3) is 0.182. The van der Waals surface area contributed by atoms with Crippen LogP contribution in [0, 0.1) is 0 Å². The maximum atomic E-state index is 5.20. The fourth-order valence-electron chi connectivity index (χ4n) is 1.35. The second-order valence-corrected chi connectivity index (χ2v) is 3.61. The zero-order chi connectivity index (χ0) is 13.0. The second-order valence-electron chi connectivity index (χ2n) is 3.20. The van der Waals surface area contributed by atoms with Crippen LogP contribution in [0.15, 0.2) is 29.1 Å². The number of anilines is 1. The first-order chi connectivity index (χ1) is 8.76. The molecule has 0 radical (unpaired) electrons. The van der Waals surface area contributed by atoms with Gasteiger partial charge in [-0.2, -0.15) is 9.97 Å². The fourth-order valence-corrected chi connectivity index (χ4v) is 1.57. The quantitative estimate of drug-likeness (QED) is 0.846. The highest BCUT2D eigenvalue weighted by Gasteiger charge is 2.15. The molecule has 2 heterocycles. The molecule has 0 bridgehead atoms. The average molecular weight is 265 g/mol. The van der Waals surface area contributed by atoms with Gasteiger partial charge in [0.25, 0.3) is 0 Å². The van der Waals surface area contributed by atoms with E-state index < -0.39 is 0 Å². The topological polar surface area (TPSA) is 69.4 Å². The Kier molecular flexibility index (Phi) is 3.73. The zero-order valence-electron chi connectivity index (χ0n) is 9.84. The van der Waals surface area contributed by atoms with E-state index in [1.165, 1.54) is 20.5 Å². The molecule has 2 rings (SSSR count). The Bertz CT molecular complexity index is 520. The number of ether oxygens (including phenoxy) is 2. The number of nitrogens with one attached hydrogen (secondary N) is 1. The van der Waals surface area contributed by atoms with Crippen molar-refractivity contribution in [3.63, 3.8) is 0 Å². The Hall–Kier alpha value is -2.15. The molecule has 2 aromatic heterocycles. The molecule has 0 aromatic carbocycles. The Morgan fingerprint density at radius 1 is 1.28 bits per heavy atom. The smallest absolute Gasteiger partial charge is 0.244 e. The van der Waals surface area contributed by atoms with Gasteiger partial charge in [0.1, 0.15) is 11.3 Å². The van der Waals surface area contributed by atoms with Gasteiger partial charge in [-0.25, -0.2) is 0 Å². The molecular formula is C11H11N3O3S. The molecule has 94 valence electrons. The van der Waals surface area contributed by atoms with E-state index in [1.54, 1.807) is 18.4 Å². The van der Waals surface area contributed by atoms with Crippen molar-refractivity contribution in [2.45, 2.75) is 0 Å². The molecule has 0 atom stereocenters. The zero-order valence-corrected chi connectivity index (χ0v) is 10.7. The third-order valence-corrected chi connectivity index (χ3v) is 2.45. The number of methoxy groups -OCH3 is 2. The highest BCUT2D eigenvalue weighted by Crippen LogP contribution is 2.30. The predicted molar refractivity (Wildman–Crippen MR) is 69.2 cm³/mol. The highest BCUT2D eigenvalue weighted by atomic mass is 32.1. The Morgan fingerprint density at radius 2 is 1.94 bits per heavy atom. The summed E-state index contributed by atoms with van der Waals surface area (Å²) < 4.78 is 15.4. The van der Waals surface area contributed by atoms with Gasteiger partial charge in [0.05, 0.1) is 20.5 Å². The molecule has 0 saturated heterocycles. The molecule has 1 N–H and O–H groups in total. The van der Waals surface area contributed by atoms with E-state index in [4.69, 9.17) is 26.1 Å². The van der Waals surface area contributed by atoms with Crippen molar-refractivity contribution < 1.29 is 13.9 Å². The largest absolute Gasteiger partial charge is 0.479 e. The van der Waals surface area contributed by atoms with Crippen molar-refractivity contribution in [2.24, 2.45) is 0 Å². The summed E-state index contributed by atoms with van der Waals surface area (Å²) in [6.07, 6.45) is 2.89. The number of hydrogen-bond donors (Lipinski definition) is 1. The highest BCUT2D eigenvalue weighted by molar-refractivity contribution is 7.81. The number of hydrogen-bond acceptors (Lipinski definition) is 6. The van der Waals surface area contributed by atoms with Gasteiger partial charge in [-0.05, 0) is 12.1 Å².